The first-order chi connectivity index (χ1) is 28.3. The van der Waals surface area contributed by atoms with Crippen LogP contribution in [0.1, 0.15) is 101 Å². The van der Waals surface area contributed by atoms with Gasteiger partial charge in [-0.15, -0.1) is 0 Å². The monoisotopic (exact) mass is 766 g/mol. The van der Waals surface area contributed by atoms with Gasteiger partial charge in [0.05, 0.1) is 0 Å². The predicted molar refractivity (Wildman–Crippen MR) is 257 cm³/mol. The third-order valence-electron chi connectivity index (χ3n) is 13.6. The maximum absolute atomic E-state index is 3.78. The van der Waals surface area contributed by atoms with Crippen LogP contribution in [-0.4, -0.2) is 0 Å². The van der Waals surface area contributed by atoms with Crippen molar-refractivity contribution in [2.45, 2.75) is 85.0 Å². The van der Waals surface area contributed by atoms with Crippen molar-refractivity contribution in [3.05, 3.63) is 226 Å². The van der Waals surface area contributed by atoms with Crippen LogP contribution in [0.5, 0.6) is 0 Å². The van der Waals surface area contributed by atoms with Gasteiger partial charge >= 0.3 is 0 Å². The van der Waals surface area contributed by atoms with Crippen LogP contribution in [0.3, 0.4) is 0 Å². The second-order valence-corrected chi connectivity index (χ2v) is 18.2. The van der Waals surface area contributed by atoms with Gasteiger partial charge in [-0.2, -0.15) is 0 Å². The molecule has 8 rings (SSSR count). The lowest BCUT2D eigenvalue weighted by molar-refractivity contribution is 0.639. The molecule has 0 nitrogen and oxygen atoms in total. The minimum atomic E-state index is -0.139. The second kappa shape index (κ2) is 15.3. The zero-order chi connectivity index (χ0) is 41.7. The molecule has 3 aliphatic rings. The van der Waals surface area contributed by atoms with Crippen LogP contribution in [0.25, 0.3) is 44.5 Å². The van der Waals surface area contributed by atoms with Crippen molar-refractivity contribution in [3.8, 4) is 33.4 Å². The molecule has 294 valence electrons. The third-order valence-corrected chi connectivity index (χ3v) is 13.6. The maximum Gasteiger partial charge on any atom is 0.0159 e. The van der Waals surface area contributed by atoms with E-state index in [9.17, 15) is 0 Å². The van der Waals surface area contributed by atoms with Crippen molar-refractivity contribution in [2.24, 2.45) is 0 Å². The molecule has 5 aromatic rings. The molecule has 0 heterocycles. The summed E-state index contributed by atoms with van der Waals surface area (Å²) in [6.45, 7) is 24.6. The Bertz CT molecular complexity index is 2730. The molecular weight excluding hydrogens is 709 g/mol. The third kappa shape index (κ3) is 6.83. The van der Waals surface area contributed by atoms with Crippen LogP contribution < -0.4 is 0 Å². The molecule has 0 spiro atoms. The molecule has 59 heavy (non-hydrogen) atoms. The highest BCUT2D eigenvalue weighted by Crippen LogP contribution is 2.52. The van der Waals surface area contributed by atoms with Gasteiger partial charge < -0.3 is 0 Å². The summed E-state index contributed by atoms with van der Waals surface area (Å²) in [6, 6.07) is 39.2. The lowest BCUT2D eigenvalue weighted by Crippen LogP contribution is -2.16. The molecule has 0 fully saturated rings. The fourth-order valence-electron chi connectivity index (χ4n) is 9.92. The van der Waals surface area contributed by atoms with E-state index in [2.05, 4.69) is 215 Å². The van der Waals surface area contributed by atoms with Crippen LogP contribution in [0.4, 0.5) is 0 Å². The molecule has 0 aromatic heterocycles. The molecule has 0 saturated carbocycles. The predicted octanol–water partition coefficient (Wildman–Crippen LogP) is 16.1. The van der Waals surface area contributed by atoms with Gasteiger partial charge in [0.2, 0.25) is 0 Å². The van der Waals surface area contributed by atoms with Crippen molar-refractivity contribution < 1.29 is 0 Å². The summed E-state index contributed by atoms with van der Waals surface area (Å²) < 4.78 is 0. The summed E-state index contributed by atoms with van der Waals surface area (Å²) >= 11 is 0. The Balaban J connectivity index is 1.06. The van der Waals surface area contributed by atoms with E-state index < -0.39 is 0 Å². The van der Waals surface area contributed by atoms with Gasteiger partial charge in [0, 0.05) is 16.2 Å². The van der Waals surface area contributed by atoms with Gasteiger partial charge in [-0.25, -0.2) is 0 Å². The molecule has 0 heteroatoms. The Morgan fingerprint density at radius 2 is 1.14 bits per heavy atom. The Morgan fingerprint density at radius 3 is 1.85 bits per heavy atom. The van der Waals surface area contributed by atoms with Crippen LogP contribution in [0.15, 0.2) is 187 Å². The van der Waals surface area contributed by atoms with Crippen molar-refractivity contribution in [1.82, 2.24) is 0 Å². The molecule has 0 aliphatic heterocycles. The number of hydrogen-bond donors (Lipinski definition) is 0. The number of allylic oxidation sites excluding steroid dienone is 15. The fraction of sp³-hybridized carbons (Fsp3) is 0.220. The molecule has 5 aromatic carbocycles. The molecule has 0 amide bonds. The average molecular weight is 767 g/mol. The van der Waals surface area contributed by atoms with Crippen LogP contribution in [0, 0.1) is 0 Å². The summed E-state index contributed by atoms with van der Waals surface area (Å²) in [5, 5.41) is 0. The van der Waals surface area contributed by atoms with Gasteiger partial charge in [-0.05, 0) is 134 Å². The van der Waals surface area contributed by atoms with Crippen molar-refractivity contribution in [3.63, 3.8) is 0 Å². The molecule has 0 atom stereocenters. The molecular formula is C59H58. The highest BCUT2D eigenvalue weighted by atomic mass is 14.4. The standard InChI is InChI=1S/C59H58/c1-11-13-14-15-22-39(3)35-53-47(21-12-2)50-33-30-43(37-55(50)59(53,9)10)42-29-32-49-45(40(4)57(5,6)54(49)36-42)27-20-24-41-23-16-17-25-46(41)44-31-34-51-48-26-18-19-28-52(48)58(7,8)56(51)38-44/h11-23,25-38H,1,24H2,2-10H3/b14-13-,21-12-,22-15+,27-20-,39-35+. The van der Waals surface area contributed by atoms with Gasteiger partial charge in [-0.1, -0.05) is 205 Å². The van der Waals surface area contributed by atoms with Crippen LogP contribution in [-0.2, 0) is 22.7 Å². The van der Waals surface area contributed by atoms with Gasteiger partial charge in [-0.3, -0.25) is 0 Å². The van der Waals surface area contributed by atoms with Crippen LogP contribution in [0.2, 0.25) is 0 Å². The Hall–Kier alpha value is -5.98. The highest BCUT2D eigenvalue weighted by Gasteiger charge is 2.38. The first-order valence-corrected chi connectivity index (χ1v) is 21.3. The topological polar surface area (TPSA) is 0 Å². The van der Waals surface area contributed by atoms with Crippen molar-refractivity contribution in [1.29, 1.82) is 0 Å². The largest absolute Gasteiger partial charge is 0.0991 e. The molecule has 0 unspecified atom stereocenters. The zero-order valence-corrected chi connectivity index (χ0v) is 36.5. The molecule has 3 aliphatic carbocycles. The minimum absolute atomic E-state index is 0.0190. The Kier molecular flexibility index (Phi) is 10.3. The lowest BCUT2D eigenvalue weighted by Gasteiger charge is -2.25. The SMILES string of the molecule is C=C\C=C/C=C/C(C)=C/C1=C(/C=C\C)c2ccc(-c3ccc4c(c3)C(C)(C)C(C)=C4/C=C\Cc3ccccc3-c3ccc4c(c3)C(C)(C)c3ccccc3-4)cc2C1(C)C. The Morgan fingerprint density at radius 1 is 0.559 bits per heavy atom. The summed E-state index contributed by atoms with van der Waals surface area (Å²) in [5.74, 6) is 0. The molecule has 0 saturated heterocycles. The fourth-order valence-corrected chi connectivity index (χ4v) is 9.92. The smallest absolute Gasteiger partial charge is 0.0159 e. The molecule has 0 N–H and O–H groups in total. The Labute approximate surface area is 354 Å². The van der Waals surface area contributed by atoms with E-state index in [0.29, 0.717) is 0 Å². The van der Waals surface area contributed by atoms with Gasteiger partial charge in [0.1, 0.15) is 0 Å². The lowest BCUT2D eigenvalue weighted by atomic mass is 9.79. The summed E-state index contributed by atoms with van der Waals surface area (Å²) in [5.41, 5.74) is 23.9. The molecule has 0 radical (unpaired) electrons. The average Bonchev–Trinajstić information content (AvgIpc) is 3.67. The van der Waals surface area contributed by atoms with E-state index in [-0.39, 0.29) is 16.2 Å². The van der Waals surface area contributed by atoms with Gasteiger partial charge in [0.15, 0.2) is 0 Å². The maximum atomic E-state index is 3.78. The van der Waals surface area contributed by atoms with Crippen molar-refractivity contribution >= 4 is 11.1 Å². The van der Waals surface area contributed by atoms with E-state index in [4.69, 9.17) is 0 Å². The first kappa shape index (κ1) is 39.8. The van der Waals surface area contributed by atoms with Gasteiger partial charge in [0.25, 0.3) is 0 Å². The van der Waals surface area contributed by atoms with E-state index in [0.717, 1.165) is 6.42 Å². The van der Waals surface area contributed by atoms with Crippen molar-refractivity contribution in [2.75, 3.05) is 0 Å². The summed E-state index contributed by atoms with van der Waals surface area (Å²) in [6.07, 6.45) is 22.5. The van der Waals surface area contributed by atoms with E-state index >= 15 is 0 Å². The molecule has 0 bridgehead atoms. The summed E-state index contributed by atoms with van der Waals surface area (Å²) in [4.78, 5) is 0. The van der Waals surface area contributed by atoms with Crippen LogP contribution >= 0.6 is 0 Å². The van der Waals surface area contributed by atoms with E-state index in [1.807, 2.05) is 12.2 Å². The summed E-state index contributed by atoms with van der Waals surface area (Å²) in [7, 11) is 0. The number of benzene rings is 5. The number of hydrogen-bond acceptors (Lipinski definition) is 0. The van der Waals surface area contributed by atoms with E-state index in [1.165, 1.54) is 100 Å². The second-order valence-electron chi connectivity index (χ2n) is 18.2. The number of rotatable bonds is 10. The quantitative estimate of drug-likeness (QED) is 0.124. The van der Waals surface area contributed by atoms with E-state index in [1.54, 1.807) is 6.08 Å². The first-order valence-electron chi connectivity index (χ1n) is 21.3. The normalized spacial score (nSPS) is 17.5. The number of fused-ring (bicyclic) bond motifs is 5. The highest BCUT2D eigenvalue weighted by molar-refractivity contribution is 5.91. The zero-order valence-electron chi connectivity index (χ0n) is 36.5. The minimum Gasteiger partial charge on any atom is -0.0991 e.